The Morgan fingerprint density at radius 2 is 0.836 bits per heavy atom. The topological polar surface area (TPSA) is 93.4 Å². The van der Waals surface area contributed by atoms with Gasteiger partial charge in [0, 0.05) is 83.1 Å². The van der Waals surface area contributed by atoms with Gasteiger partial charge in [-0.1, -0.05) is 88.4 Å². The molecule has 0 fully saturated rings. The van der Waals surface area contributed by atoms with Crippen molar-refractivity contribution in [2.24, 2.45) is 0 Å². The summed E-state index contributed by atoms with van der Waals surface area (Å²) in [6.45, 7) is 13.0. The lowest BCUT2D eigenvalue weighted by molar-refractivity contribution is 0.449. The molecule has 10 aromatic rings. The van der Waals surface area contributed by atoms with Crippen LogP contribution in [0.3, 0.4) is 0 Å². The van der Waals surface area contributed by atoms with Crippen LogP contribution < -0.4 is 18.9 Å². The number of benzene rings is 6. The first-order valence-electron chi connectivity index (χ1n) is 22.5. The first-order chi connectivity index (χ1) is 32.6. The summed E-state index contributed by atoms with van der Waals surface area (Å²) >= 11 is 0. The van der Waals surface area contributed by atoms with Gasteiger partial charge >= 0.3 is 0 Å². The summed E-state index contributed by atoms with van der Waals surface area (Å²) in [4.78, 5) is 18.3. The lowest BCUT2D eigenvalue weighted by Gasteiger charge is -2.17. The van der Waals surface area contributed by atoms with E-state index in [0.717, 1.165) is 55.2 Å². The highest BCUT2D eigenvalue weighted by Crippen LogP contribution is 2.44. The zero-order valence-electron chi connectivity index (χ0n) is 38.3. The molecule has 9 nitrogen and oxygen atoms in total. The van der Waals surface area contributed by atoms with Gasteiger partial charge in [-0.3, -0.25) is 4.57 Å². The van der Waals surface area contributed by atoms with Crippen LogP contribution in [0.4, 0.5) is 0 Å². The molecule has 0 atom stereocenters. The standard InChI is InChI=1S/C58H49N5O4/c1-36(2)40-14-18-42(19-15-40)56-38(5)30-46(66-54-12-7-9-26-59-54)34-52(56)64-44-22-24-48-49-25-23-45(33-51(49)63(50(48)32-44)58-61-28-11-29-62-58)65-53-35-47(67-55-13-8-10-27-60-55)31-39(6)57(53)43-20-16-41(17-21-43)37(3)4/h7-37H,1-6H3. The summed E-state index contributed by atoms with van der Waals surface area (Å²) in [6, 6.07) is 50.6. The Morgan fingerprint density at radius 3 is 1.24 bits per heavy atom. The molecule has 0 radical (unpaired) electrons. The highest BCUT2D eigenvalue weighted by molar-refractivity contribution is 6.09. The fourth-order valence-corrected chi connectivity index (χ4v) is 8.57. The second-order valence-corrected chi connectivity index (χ2v) is 17.3. The minimum absolute atomic E-state index is 0.410. The van der Waals surface area contributed by atoms with Gasteiger partial charge in [0.05, 0.1) is 11.0 Å². The van der Waals surface area contributed by atoms with Crippen molar-refractivity contribution in [1.82, 2.24) is 24.5 Å². The zero-order valence-corrected chi connectivity index (χ0v) is 38.3. The van der Waals surface area contributed by atoms with E-state index in [4.69, 9.17) is 28.9 Å². The van der Waals surface area contributed by atoms with E-state index in [0.29, 0.717) is 64.0 Å². The number of nitrogens with zero attached hydrogens (tertiary/aromatic N) is 5. The first kappa shape index (κ1) is 42.6. The van der Waals surface area contributed by atoms with Crippen molar-refractivity contribution in [3.8, 4) is 74.5 Å². The molecule has 6 aromatic carbocycles. The number of aromatic nitrogens is 5. The molecule has 0 saturated carbocycles. The Kier molecular flexibility index (Phi) is 11.6. The van der Waals surface area contributed by atoms with Crippen LogP contribution in [0.1, 0.15) is 61.8 Å². The van der Waals surface area contributed by atoms with Crippen molar-refractivity contribution in [1.29, 1.82) is 0 Å². The van der Waals surface area contributed by atoms with Crippen LogP contribution in [-0.2, 0) is 0 Å². The summed E-state index contributed by atoms with van der Waals surface area (Å²) in [5.41, 5.74) is 10.3. The van der Waals surface area contributed by atoms with Gasteiger partial charge in [-0.05, 0) is 114 Å². The van der Waals surface area contributed by atoms with Gasteiger partial charge in [0.2, 0.25) is 17.7 Å². The summed E-state index contributed by atoms with van der Waals surface area (Å²) in [6.07, 6.45) is 6.93. The molecular formula is C58H49N5O4. The Bertz CT molecular complexity index is 3150. The largest absolute Gasteiger partial charge is 0.456 e. The molecular weight excluding hydrogens is 831 g/mol. The average molecular weight is 880 g/mol. The lowest BCUT2D eigenvalue weighted by Crippen LogP contribution is -2.00. The molecule has 330 valence electrons. The second-order valence-electron chi connectivity index (χ2n) is 17.3. The molecule has 0 spiro atoms. The molecule has 4 aromatic heterocycles. The summed E-state index contributed by atoms with van der Waals surface area (Å²) in [5.74, 6) is 6.12. The van der Waals surface area contributed by atoms with E-state index in [1.54, 1.807) is 24.8 Å². The Hall–Kier alpha value is -8.30. The third kappa shape index (κ3) is 8.92. The number of fused-ring (bicyclic) bond motifs is 3. The van der Waals surface area contributed by atoms with E-state index in [2.05, 4.69) is 117 Å². The zero-order chi connectivity index (χ0) is 46.0. The van der Waals surface area contributed by atoms with Crippen molar-refractivity contribution in [3.05, 3.63) is 199 Å². The lowest BCUT2D eigenvalue weighted by atomic mass is 9.95. The van der Waals surface area contributed by atoms with Gasteiger partial charge in [0.15, 0.2) is 0 Å². The van der Waals surface area contributed by atoms with E-state index >= 15 is 0 Å². The monoisotopic (exact) mass is 879 g/mol. The molecule has 0 saturated heterocycles. The Balaban J connectivity index is 1.08. The van der Waals surface area contributed by atoms with Crippen LogP contribution in [0.2, 0.25) is 0 Å². The van der Waals surface area contributed by atoms with E-state index in [1.807, 2.05) is 91.0 Å². The van der Waals surface area contributed by atoms with Crippen LogP contribution in [0.15, 0.2) is 176 Å². The minimum atomic E-state index is 0.410. The van der Waals surface area contributed by atoms with Crippen LogP contribution in [0, 0.1) is 13.8 Å². The van der Waals surface area contributed by atoms with Crippen LogP contribution in [0.5, 0.6) is 46.3 Å². The van der Waals surface area contributed by atoms with Crippen molar-refractivity contribution in [2.45, 2.75) is 53.4 Å². The van der Waals surface area contributed by atoms with E-state index < -0.39 is 0 Å². The fraction of sp³-hybridized carbons (Fsp3) is 0.138. The van der Waals surface area contributed by atoms with Gasteiger partial charge < -0.3 is 18.9 Å². The fourth-order valence-electron chi connectivity index (χ4n) is 8.57. The van der Waals surface area contributed by atoms with Crippen LogP contribution in [0.25, 0.3) is 50.0 Å². The van der Waals surface area contributed by atoms with Gasteiger partial charge in [-0.15, -0.1) is 0 Å². The quantitative estimate of drug-likeness (QED) is 0.113. The molecule has 9 heteroatoms. The first-order valence-corrected chi connectivity index (χ1v) is 22.5. The molecule has 0 bridgehead atoms. The molecule has 0 aliphatic heterocycles. The predicted molar refractivity (Wildman–Crippen MR) is 267 cm³/mol. The van der Waals surface area contributed by atoms with Crippen molar-refractivity contribution in [3.63, 3.8) is 0 Å². The second kappa shape index (κ2) is 18.3. The van der Waals surface area contributed by atoms with Crippen LogP contribution in [-0.4, -0.2) is 24.5 Å². The third-order valence-corrected chi connectivity index (χ3v) is 11.9. The van der Waals surface area contributed by atoms with Gasteiger partial charge in [0.25, 0.3) is 0 Å². The molecule has 0 aliphatic rings. The SMILES string of the molecule is Cc1cc(Oc2ccccn2)cc(Oc2ccc3c4ccc(Oc5cc(Oc6ccccn6)cc(C)c5-c5ccc(C(C)C)cc5)cc4n(-c4ncccn4)c3c2)c1-c1ccc(C(C)C)cc1. The summed E-state index contributed by atoms with van der Waals surface area (Å²) in [7, 11) is 0. The van der Waals surface area contributed by atoms with Crippen molar-refractivity contribution < 1.29 is 18.9 Å². The van der Waals surface area contributed by atoms with Crippen molar-refractivity contribution in [2.75, 3.05) is 0 Å². The summed E-state index contributed by atoms with van der Waals surface area (Å²) in [5, 5.41) is 2.00. The molecule has 67 heavy (non-hydrogen) atoms. The normalized spacial score (nSPS) is 11.4. The highest BCUT2D eigenvalue weighted by Gasteiger charge is 2.21. The average Bonchev–Trinajstić information content (AvgIpc) is 3.65. The smallest absolute Gasteiger partial charge is 0.234 e. The number of hydrogen-bond acceptors (Lipinski definition) is 8. The predicted octanol–water partition coefficient (Wildman–Crippen LogP) is 15.7. The van der Waals surface area contributed by atoms with E-state index in [-0.39, 0.29) is 0 Å². The Morgan fingerprint density at radius 1 is 0.403 bits per heavy atom. The van der Waals surface area contributed by atoms with Crippen LogP contribution >= 0.6 is 0 Å². The highest BCUT2D eigenvalue weighted by atomic mass is 16.5. The molecule has 0 N–H and O–H groups in total. The molecule has 0 unspecified atom stereocenters. The van der Waals surface area contributed by atoms with Gasteiger partial charge in [0.1, 0.15) is 34.5 Å². The maximum Gasteiger partial charge on any atom is 0.234 e. The summed E-state index contributed by atoms with van der Waals surface area (Å²) < 4.78 is 28.5. The number of pyridine rings is 2. The molecule has 4 heterocycles. The maximum atomic E-state index is 6.94. The third-order valence-electron chi connectivity index (χ3n) is 11.9. The number of ether oxygens (including phenoxy) is 4. The number of rotatable bonds is 13. The number of hydrogen-bond donors (Lipinski definition) is 0. The minimum Gasteiger partial charge on any atom is -0.456 e. The van der Waals surface area contributed by atoms with Crippen molar-refractivity contribution >= 4 is 21.8 Å². The van der Waals surface area contributed by atoms with Gasteiger partial charge in [-0.2, -0.15) is 0 Å². The molecule has 10 rings (SSSR count). The maximum absolute atomic E-state index is 6.94. The molecule has 0 aliphatic carbocycles. The van der Waals surface area contributed by atoms with Gasteiger partial charge in [-0.25, -0.2) is 19.9 Å². The number of aryl methyl sites for hydroxylation is 2. The van der Waals surface area contributed by atoms with E-state index in [9.17, 15) is 0 Å². The molecule has 0 amide bonds. The Labute approximate surface area is 390 Å². The van der Waals surface area contributed by atoms with E-state index in [1.165, 1.54) is 11.1 Å².